The molecule has 0 aliphatic carbocycles. The second-order valence-corrected chi connectivity index (χ2v) is 8.42. The summed E-state index contributed by atoms with van der Waals surface area (Å²) < 4.78 is 13.5. The fraction of sp³-hybridized carbons (Fsp3) is 0.310. The predicted octanol–water partition coefficient (Wildman–Crippen LogP) is 5.10. The first-order chi connectivity index (χ1) is 16.5. The average molecular weight is 461 g/mol. The molecule has 0 saturated heterocycles. The molecule has 0 spiro atoms. The molecule has 0 aliphatic rings. The number of likely N-dealkylation sites (N-methyl/N-ethyl adjacent to an activating group) is 1. The number of halogens is 1. The van der Waals surface area contributed by atoms with E-state index in [-0.39, 0.29) is 30.6 Å². The SMILES string of the molecule is CCNC(=O)[C@@H](Cc1ccccc1)N(Cc1ccc(F)cc1)C(=O)CCc1ccc(CC)cc1. The van der Waals surface area contributed by atoms with Crippen LogP contribution in [0.5, 0.6) is 0 Å². The number of carbonyl (C=O) groups excluding carboxylic acids is 2. The van der Waals surface area contributed by atoms with Crippen LogP contribution in [0.15, 0.2) is 78.9 Å². The maximum atomic E-state index is 13.5. The lowest BCUT2D eigenvalue weighted by atomic mass is 10.0. The van der Waals surface area contributed by atoms with Gasteiger partial charge in [-0.2, -0.15) is 0 Å². The summed E-state index contributed by atoms with van der Waals surface area (Å²) in [5, 5.41) is 2.89. The van der Waals surface area contributed by atoms with Gasteiger partial charge in [-0.3, -0.25) is 9.59 Å². The fourth-order valence-corrected chi connectivity index (χ4v) is 3.97. The Labute approximate surface area is 201 Å². The smallest absolute Gasteiger partial charge is 0.243 e. The van der Waals surface area contributed by atoms with Gasteiger partial charge in [0.1, 0.15) is 11.9 Å². The van der Waals surface area contributed by atoms with E-state index in [0.29, 0.717) is 19.4 Å². The molecule has 2 amide bonds. The standard InChI is InChI=1S/C29H33FN2O2/c1-3-22-10-12-23(13-11-22)16-19-28(33)32(21-25-14-17-26(30)18-15-25)27(29(34)31-4-2)20-24-8-6-5-7-9-24/h5-15,17-18,27H,3-4,16,19-21H2,1-2H3,(H,31,34)/t27-/m1/s1. The van der Waals surface area contributed by atoms with Crippen LogP contribution in [0, 0.1) is 5.82 Å². The van der Waals surface area contributed by atoms with E-state index in [1.807, 2.05) is 37.3 Å². The minimum absolute atomic E-state index is 0.101. The first kappa shape index (κ1) is 25.2. The van der Waals surface area contributed by atoms with Crippen molar-refractivity contribution in [2.45, 2.75) is 52.1 Å². The van der Waals surface area contributed by atoms with Gasteiger partial charge in [-0.05, 0) is 54.2 Å². The van der Waals surface area contributed by atoms with Crippen molar-refractivity contribution in [3.05, 3.63) is 107 Å². The predicted molar refractivity (Wildman–Crippen MR) is 134 cm³/mol. The highest BCUT2D eigenvalue weighted by molar-refractivity contribution is 5.88. The molecular weight excluding hydrogens is 427 g/mol. The molecular formula is C29H33FN2O2. The first-order valence-corrected chi connectivity index (χ1v) is 11.9. The quantitative estimate of drug-likeness (QED) is 0.433. The van der Waals surface area contributed by atoms with Gasteiger partial charge in [-0.1, -0.05) is 73.7 Å². The number of carbonyl (C=O) groups is 2. The van der Waals surface area contributed by atoms with Gasteiger partial charge in [0.05, 0.1) is 0 Å². The Balaban J connectivity index is 1.85. The van der Waals surface area contributed by atoms with E-state index >= 15 is 0 Å². The summed E-state index contributed by atoms with van der Waals surface area (Å²) in [5.74, 6) is -0.619. The molecule has 1 N–H and O–H groups in total. The van der Waals surface area contributed by atoms with Gasteiger partial charge >= 0.3 is 0 Å². The molecule has 0 radical (unpaired) electrons. The molecule has 178 valence electrons. The minimum atomic E-state index is -0.664. The van der Waals surface area contributed by atoms with E-state index in [1.165, 1.54) is 17.7 Å². The van der Waals surface area contributed by atoms with E-state index in [1.54, 1.807) is 17.0 Å². The van der Waals surface area contributed by atoms with E-state index in [2.05, 4.69) is 36.5 Å². The summed E-state index contributed by atoms with van der Waals surface area (Å²) in [5.41, 5.74) is 4.10. The van der Waals surface area contributed by atoms with Crippen LogP contribution in [-0.4, -0.2) is 29.3 Å². The van der Waals surface area contributed by atoms with Gasteiger partial charge in [0, 0.05) is 25.9 Å². The highest BCUT2D eigenvalue weighted by Gasteiger charge is 2.29. The molecule has 0 saturated carbocycles. The number of benzene rings is 3. The van der Waals surface area contributed by atoms with E-state index in [0.717, 1.165) is 23.1 Å². The Bertz CT molecular complexity index is 1050. The van der Waals surface area contributed by atoms with Crippen molar-refractivity contribution in [3.63, 3.8) is 0 Å². The summed E-state index contributed by atoms with van der Waals surface area (Å²) in [4.78, 5) is 28.3. The van der Waals surface area contributed by atoms with Crippen LogP contribution in [0.1, 0.15) is 42.5 Å². The number of hydrogen-bond acceptors (Lipinski definition) is 2. The van der Waals surface area contributed by atoms with Crippen LogP contribution >= 0.6 is 0 Å². The Kier molecular flexibility index (Phi) is 9.39. The summed E-state index contributed by atoms with van der Waals surface area (Å²) in [7, 11) is 0. The van der Waals surface area contributed by atoms with Gasteiger partial charge in [-0.25, -0.2) is 4.39 Å². The van der Waals surface area contributed by atoms with Crippen LogP contribution in [0.4, 0.5) is 4.39 Å². The molecule has 3 aromatic carbocycles. The van der Waals surface area contributed by atoms with E-state index in [9.17, 15) is 14.0 Å². The fourth-order valence-electron chi connectivity index (χ4n) is 3.97. The van der Waals surface area contributed by atoms with Gasteiger partial charge in [0.15, 0.2) is 0 Å². The van der Waals surface area contributed by atoms with Crippen LogP contribution in [0.25, 0.3) is 0 Å². The molecule has 0 aliphatic heterocycles. The third kappa shape index (κ3) is 7.27. The van der Waals surface area contributed by atoms with Gasteiger partial charge in [-0.15, -0.1) is 0 Å². The van der Waals surface area contributed by atoms with Crippen LogP contribution in [0.2, 0.25) is 0 Å². The molecule has 0 aromatic heterocycles. The normalized spacial score (nSPS) is 11.6. The molecule has 1 atom stereocenters. The zero-order chi connectivity index (χ0) is 24.3. The van der Waals surface area contributed by atoms with Gasteiger partial charge in [0.2, 0.25) is 11.8 Å². The summed E-state index contributed by atoms with van der Waals surface area (Å²) in [6, 6.07) is 23.4. The molecule has 3 aromatic rings. The van der Waals surface area contributed by atoms with Crippen molar-refractivity contribution in [3.8, 4) is 0 Å². The topological polar surface area (TPSA) is 49.4 Å². The zero-order valence-corrected chi connectivity index (χ0v) is 20.0. The lowest BCUT2D eigenvalue weighted by Gasteiger charge is -2.31. The Morgan fingerprint density at radius 3 is 2.06 bits per heavy atom. The molecule has 34 heavy (non-hydrogen) atoms. The summed E-state index contributed by atoms with van der Waals surface area (Å²) in [6.45, 7) is 4.69. The average Bonchev–Trinajstić information content (AvgIpc) is 2.87. The zero-order valence-electron chi connectivity index (χ0n) is 20.0. The Hall–Kier alpha value is -3.47. The second kappa shape index (κ2) is 12.7. The van der Waals surface area contributed by atoms with Crippen molar-refractivity contribution in [1.82, 2.24) is 10.2 Å². The third-order valence-electron chi connectivity index (χ3n) is 5.95. The number of amides is 2. The summed E-state index contributed by atoms with van der Waals surface area (Å²) >= 11 is 0. The van der Waals surface area contributed by atoms with Gasteiger partial charge < -0.3 is 10.2 Å². The molecule has 0 fully saturated rings. The number of nitrogens with one attached hydrogen (secondary N) is 1. The monoisotopic (exact) mass is 460 g/mol. The highest BCUT2D eigenvalue weighted by atomic mass is 19.1. The van der Waals surface area contributed by atoms with Crippen molar-refractivity contribution in [2.75, 3.05) is 6.54 Å². The third-order valence-corrected chi connectivity index (χ3v) is 5.95. The maximum absolute atomic E-state index is 13.5. The van der Waals surface area contributed by atoms with Crippen molar-refractivity contribution in [2.24, 2.45) is 0 Å². The first-order valence-electron chi connectivity index (χ1n) is 11.9. The number of aryl methyl sites for hydroxylation is 2. The molecule has 0 heterocycles. The summed E-state index contributed by atoms with van der Waals surface area (Å²) in [6.07, 6.45) is 2.26. The Morgan fingerprint density at radius 2 is 1.44 bits per heavy atom. The van der Waals surface area contributed by atoms with Crippen molar-refractivity contribution >= 4 is 11.8 Å². The number of nitrogens with zero attached hydrogens (tertiary/aromatic N) is 1. The van der Waals surface area contributed by atoms with E-state index in [4.69, 9.17) is 0 Å². The van der Waals surface area contributed by atoms with E-state index < -0.39 is 6.04 Å². The molecule has 0 bridgehead atoms. The van der Waals surface area contributed by atoms with Crippen molar-refractivity contribution < 1.29 is 14.0 Å². The second-order valence-electron chi connectivity index (χ2n) is 8.42. The van der Waals surface area contributed by atoms with Crippen molar-refractivity contribution in [1.29, 1.82) is 0 Å². The van der Waals surface area contributed by atoms with Gasteiger partial charge in [0.25, 0.3) is 0 Å². The lowest BCUT2D eigenvalue weighted by molar-refractivity contribution is -0.141. The molecule has 0 unspecified atom stereocenters. The Morgan fingerprint density at radius 1 is 0.824 bits per heavy atom. The molecule has 3 rings (SSSR count). The largest absolute Gasteiger partial charge is 0.355 e. The number of rotatable bonds is 11. The minimum Gasteiger partial charge on any atom is -0.355 e. The number of hydrogen-bond donors (Lipinski definition) is 1. The maximum Gasteiger partial charge on any atom is 0.243 e. The highest BCUT2D eigenvalue weighted by Crippen LogP contribution is 2.17. The van der Waals surface area contributed by atoms with Crippen LogP contribution in [-0.2, 0) is 35.4 Å². The van der Waals surface area contributed by atoms with Crippen LogP contribution in [0.3, 0.4) is 0 Å². The lowest BCUT2D eigenvalue weighted by Crippen LogP contribution is -2.50. The molecule has 4 nitrogen and oxygen atoms in total. The molecule has 5 heteroatoms. The van der Waals surface area contributed by atoms with Crippen LogP contribution < -0.4 is 5.32 Å².